The van der Waals surface area contributed by atoms with Crippen molar-refractivity contribution < 1.29 is 18.3 Å². The molecular weight excluding hydrogens is 641 g/mol. The minimum Gasteiger partial charge on any atom is -0.481 e. The van der Waals surface area contributed by atoms with Crippen LogP contribution in [0.25, 0.3) is 0 Å². The Hall–Kier alpha value is -1.44. The van der Waals surface area contributed by atoms with Gasteiger partial charge in [-0.1, -0.05) is 59.3 Å². The average Bonchev–Trinajstić information content (AvgIpc) is 3.46. The summed E-state index contributed by atoms with van der Waals surface area (Å²) in [5.74, 6) is 3.72. The molecule has 1 saturated heterocycles. The number of hydrogen-bond acceptors (Lipinski definition) is 5. The summed E-state index contributed by atoms with van der Waals surface area (Å²) in [5.41, 5.74) is 5.32. The van der Waals surface area contributed by atoms with Gasteiger partial charge in [0, 0.05) is 31.7 Å². The number of nitrogens with one attached hydrogen (secondary N) is 1. The van der Waals surface area contributed by atoms with Crippen LogP contribution in [-0.2, 0) is 14.6 Å². The summed E-state index contributed by atoms with van der Waals surface area (Å²) in [5, 5.41) is 13.7. The Morgan fingerprint density at radius 1 is 0.920 bits per heavy atom. The van der Waals surface area contributed by atoms with Gasteiger partial charge in [0.15, 0.2) is 9.84 Å². The Labute approximate surface area is 306 Å². The van der Waals surface area contributed by atoms with Gasteiger partial charge in [-0.25, -0.2) is 8.42 Å². The van der Waals surface area contributed by atoms with Crippen LogP contribution in [-0.4, -0.2) is 67.6 Å². The minimum absolute atomic E-state index is 0. The maximum absolute atomic E-state index is 11.9. The van der Waals surface area contributed by atoms with E-state index in [0.29, 0.717) is 53.3 Å². The molecule has 1 heterocycles. The molecule has 4 saturated carbocycles. The van der Waals surface area contributed by atoms with E-state index in [0.717, 1.165) is 49.6 Å². The van der Waals surface area contributed by atoms with Gasteiger partial charge >= 0.3 is 5.97 Å². The summed E-state index contributed by atoms with van der Waals surface area (Å²) in [6, 6.07) is 0. The van der Waals surface area contributed by atoms with Crippen LogP contribution in [0.4, 0.5) is 0 Å². The topological polar surface area (TPSA) is 86.7 Å². The molecule has 0 spiro atoms. The van der Waals surface area contributed by atoms with E-state index in [2.05, 4.69) is 56.6 Å². The third-order valence-electron chi connectivity index (χ3n) is 15.5. The highest BCUT2D eigenvalue weighted by molar-refractivity contribution is 7.91. The van der Waals surface area contributed by atoms with Gasteiger partial charge in [-0.2, -0.15) is 0 Å². The number of allylic oxidation sites excluding steroid dienone is 5. The van der Waals surface area contributed by atoms with Crippen molar-refractivity contribution in [2.45, 2.75) is 138 Å². The molecule has 0 aromatic rings. The van der Waals surface area contributed by atoms with Gasteiger partial charge in [0.05, 0.1) is 17.4 Å². The maximum Gasteiger partial charge on any atom is 0.306 e. The van der Waals surface area contributed by atoms with Crippen molar-refractivity contribution in [3.05, 3.63) is 35.5 Å². The van der Waals surface area contributed by atoms with Gasteiger partial charge in [-0.05, 0) is 148 Å². The normalized spacial score (nSPS) is 41.6. The Balaban J connectivity index is 0.000000924. The van der Waals surface area contributed by atoms with Crippen molar-refractivity contribution >= 4 is 15.8 Å². The van der Waals surface area contributed by atoms with Gasteiger partial charge in [-0.3, -0.25) is 4.79 Å². The largest absolute Gasteiger partial charge is 0.481 e. The molecule has 7 unspecified atom stereocenters. The summed E-state index contributed by atoms with van der Waals surface area (Å²) in [4.78, 5) is 14.0. The highest BCUT2D eigenvalue weighted by Crippen LogP contribution is 2.72. The first-order valence-corrected chi connectivity index (χ1v) is 21.8. The van der Waals surface area contributed by atoms with E-state index in [-0.39, 0.29) is 18.8 Å². The second-order valence-corrected chi connectivity index (χ2v) is 21.2. The summed E-state index contributed by atoms with van der Waals surface area (Å²) in [6.07, 6.45) is 20.6. The molecule has 7 rings (SSSR count). The van der Waals surface area contributed by atoms with Crippen molar-refractivity contribution in [1.29, 1.82) is 0 Å². The van der Waals surface area contributed by atoms with E-state index in [1.54, 1.807) is 0 Å². The molecule has 0 amide bonds. The van der Waals surface area contributed by atoms with E-state index in [9.17, 15) is 18.3 Å². The second-order valence-electron chi connectivity index (χ2n) is 18.9. The van der Waals surface area contributed by atoms with Crippen LogP contribution in [0.3, 0.4) is 0 Å². The number of carbonyl (C=O) groups is 1. The first kappa shape index (κ1) is 39.8. The van der Waals surface area contributed by atoms with Crippen LogP contribution < -0.4 is 5.32 Å². The van der Waals surface area contributed by atoms with Crippen molar-refractivity contribution in [3.8, 4) is 0 Å². The van der Waals surface area contributed by atoms with Crippen molar-refractivity contribution in [2.24, 2.45) is 51.8 Å². The molecule has 9 atom stereocenters. The number of hydrogen-bond donors (Lipinski definition) is 2. The van der Waals surface area contributed by atoms with Crippen LogP contribution in [0.2, 0.25) is 0 Å². The predicted octanol–water partition coefficient (Wildman–Crippen LogP) is 9.09. The SMILES string of the molecule is C.C=C(C)C.CC1(C)C(C2=CCC(C(=O)O)CC2)=CCC2(C)C1CCC1(C)C3CCC4(NCCN5CCS(=O)(=O)CC5)CCC[C@@H]4C3CC[C@@H]12. The quantitative estimate of drug-likeness (QED) is 0.267. The molecule has 0 aromatic heterocycles. The zero-order chi connectivity index (χ0) is 35.4. The molecule has 5 fully saturated rings. The molecule has 0 aromatic carbocycles. The van der Waals surface area contributed by atoms with E-state index in [1.807, 2.05) is 13.8 Å². The van der Waals surface area contributed by atoms with Gasteiger partial charge in [0.25, 0.3) is 0 Å². The zero-order valence-corrected chi connectivity index (χ0v) is 32.6. The van der Waals surface area contributed by atoms with E-state index in [4.69, 9.17) is 0 Å². The fourth-order valence-electron chi connectivity index (χ4n) is 13.4. The zero-order valence-electron chi connectivity index (χ0n) is 31.8. The molecule has 0 bridgehead atoms. The lowest BCUT2D eigenvalue weighted by Gasteiger charge is -2.68. The number of rotatable bonds is 6. The highest BCUT2D eigenvalue weighted by atomic mass is 32.2. The Kier molecular flexibility index (Phi) is 11.7. The molecule has 6 nitrogen and oxygen atoms in total. The third-order valence-corrected chi connectivity index (χ3v) is 17.1. The standard InChI is InChI=1S/C38H60N2O4S.C4H8.CH4/c1-35(2)29(26-7-9-27(10-8-26)34(41)42)13-17-37(4)32(35)15-18-36(3)30-14-19-38(16-5-6-31(38)28(30)11-12-33(36)37)39-20-21-40-22-24-45(43,44)25-23-40;1-4(2)3;/h7,13,27-28,30-33,39H,5-6,8-12,14-25H2,1-4H3,(H,41,42);1H2,2-3H3;1H4/t27?,28?,30?,31-,32?,33+,36?,37?,38?;;/m1../s1. The molecular formula is C43H72N2O4S. The number of carboxylic acids is 1. The fraction of sp³-hybridized carbons (Fsp3) is 0.837. The average molecular weight is 713 g/mol. The Morgan fingerprint density at radius 3 is 2.26 bits per heavy atom. The third kappa shape index (κ3) is 7.24. The molecule has 1 aliphatic heterocycles. The van der Waals surface area contributed by atoms with Crippen LogP contribution in [0.15, 0.2) is 35.5 Å². The molecule has 7 heteroatoms. The van der Waals surface area contributed by atoms with Gasteiger partial charge < -0.3 is 15.3 Å². The molecule has 0 radical (unpaired) electrons. The predicted molar refractivity (Wildman–Crippen MR) is 208 cm³/mol. The second kappa shape index (κ2) is 14.8. The summed E-state index contributed by atoms with van der Waals surface area (Å²) < 4.78 is 23.8. The van der Waals surface area contributed by atoms with E-state index in [1.165, 1.54) is 80.9 Å². The highest BCUT2D eigenvalue weighted by Gasteiger charge is 2.65. The molecule has 2 N–H and O–H groups in total. The number of carboxylic acid groups (broad SMARTS) is 1. The van der Waals surface area contributed by atoms with Crippen LogP contribution in [0.5, 0.6) is 0 Å². The lowest BCUT2D eigenvalue weighted by atomic mass is 9.37. The summed E-state index contributed by atoms with van der Waals surface area (Å²) in [7, 11) is -2.82. The molecule has 6 aliphatic carbocycles. The van der Waals surface area contributed by atoms with Crippen LogP contribution in [0.1, 0.15) is 132 Å². The summed E-state index contributed by atoms with van der Waals surface area (Å²) >= 11 is 0. The Bertz CT molecular complexity index is 1430. The first-order valence-electron chi connectivity index (χ1n) is 20.0. The fourth-order valence-corrected chi connectivity index (χ4v) is 14.7. The van der Waals surface area contributed by atoms with Crippen molar-refractivity contribution in [1.82, 2.24) is 10.2 Å². The maximum atomic E-state index is 11.9. The number of nitrogens with zero attached hydrogens (tertiary/aromatic N) is 1. The number of sulfone groups is 1. The van der Waals surface area contributed by atoms with E-state index >= 15 is 0 Å². The minimum atomic E-state index is -2.82. The number of fused-ring (bicyclic) bond motifs is 7. The molecule has 284 valence electrons. The van der Waals surface area contributed by atoms with Gasteiger partial charge in [0.1, 0.15) is 0 Å². The van der Waals surface area contributed by atoms with Crippen molar-refractivity contribution in [3.63, 3.8) is 0 Å². The monoisotopic (exact) mass is 713 g/mol. The first-order chi connectivity index (χ1) is 23.0. The van der Waals surface area contributed by atoms with Gasteiger partial charge in [-0.15, -0.1) is 6.58 Å². The lowest BCUT2D eigenvalue weighted by Crippen LogP contribution is -2.64. The smallest absolute Gasteiger partial charge is 0.306 e. The van der Waals surface area contributed by atoms with Crippen LogP contribution >= 0.6 is 0 Å². The van der Waals surface area contributed by atoms with Gasteiger partial charge in [0.2, 0.25) is 0 Å². The molecule has 50 heavy (non-hydrogen) atoms. The number of aliphatic carboxylic acids is 1. The van der Waals surface area contributed by atoms with Crippen LogP contribution in [0, 0.1) is 51.8 Å². The van der Waals surface area contributed by atoms with Crippen molar-refractivity contribution in [2.75, 3.05) is 37.7 Å². The lowest BCUT2D eigenvalue weighted by molar-refractivity contribution is -0.175. The Morgan fingerprint density at radius 2 is 1.62 bits per heavy atom. The molecule has 7 aliphatic rings. The summed E-state index contributed by atoms with van der Waals surface area (Å²) in [6.45, 7) is 21.3. The van der Waals surface area contributed by atoms with E-state index < -0.39 is 15.8 Å².